The Morgan fingerprint density at radius 1 is 1.25 bits per heavy atom. The molecular weight excluding hydrogens is 202 g/mol. The highest BCUT2D eigenvalue weighted by atomic mass is 16.2. The van der Waals surface area contributed by atoms with E-state index in [1.807, 2.05) is 19.9 Å². The van der Waals surface area contributed by atoms with E-state index in [1.165, 1.54) is 0 Å². The molecule has 1 aromatic heterocycles. The molecule has 0 bridgehead atoms. The van der Waals surface area contributed by atoms with Gasteiger partial charge in [-0.2, -0.15) is 0 Å². The molecule has 0 atom stereocenters. The minimum absolute atomic E-state index is 0.0718. The zero-order chi connectivity index (χ0) is 11.5. The van der Waals surface area contributed by atoms with Crippen LogP contribution in [-0.2, 0) is 4.79 Å². The first-order valence-corrected chi connectivity index (χ1v) is 5.78. The highest BCUT2D eigenvalue weighted by molar-refractivity contribution is 5.91. The van der Waals surface area contributed by atoms with Crippen molar-refractivity contribution in [2.75, 3.05) is 5.32 Å². The Labute approximate surface area is 95.5 Å². The Hall–Kier alpha value is -1.45. The number of anilines is 1. The van der Waals surface area contributed by atoms with Crippen LogP contribution in [0.15, 0.2) is 6.07 Å². The third-order valence-corrected chi connectivity index (χ3v) is 2.94. The van der Waals surface area contributed by atoms with Crippen LogP contribution >= 0.6 is 0 Å². The predicted octanol–water partition coefficient (Wildman–Crippen LogP) is 2.22. The van der Waals surface area contributed by atoms with E-state index in [0.29, 0.717) is 5.95 Å². The van der Waals surface area contributed by atoms with Crippen LogP contribution in [0.3, 0.4) is 0 Å². The van der Waals surface area contributed by atoms with Crippen LogP contribution < -0.4 is 5.32 Å². The molecule has 0 radical (unpaired) electrons. The van der Waals surface area contributed by atoms with Crippen LogP contribution in [0, 0.1) is 19.8 Å². The molecule has 0 spiro atoms. The van der Waals surface area contributed by atoms with Crippen LogP contribution in [0.4, 0.5) is 5.95 Å². The summed E-state index contributed by atoms with van der Waals surface area (Å²) in [6.45, 7) is 3.81. The number of amides is 1. The van der Waals surface area contributed by atoms with E-state index in [0.717, 1.165) is 37.1 Å². The van der Waals surface area contributed by atoms with Crippen molar-refractivity contribution in [3.63, 3.8) is 0 Å². The third-order valence-electron chi connectivity index (χ3n) is 2.94. The molecule has 1 aliphatic rings. The van der Waals surface area contributed by atoms with Gasteiger partial charge in [-0.3, -0.25) is 10.1 Å². The molecule has 86 valence electrons. The first kappa shape index (κ1) is 11.0. The maximum Gasteiger partial charge on any atom is 0.229 e. The molecule has 4 nitrogen and oxygen atoms in total. The van der Waals surface area contributed by atoms with Gasteiger partial charge < -0.3 is 0 Å². The van der Waals surface area contributed by atoms with Gasteiger partial charge in [0.25, 0.3) is 0 Å². The molecule has 0 unspecified atom stereocenters. The number of hydrogen-bond donors (Lipinski definition) is 1. The lowest BCUT2D eigenvalue weighted by molar-refractivity contribution is -0.119. The first-order chi connectivity index (χ1) is 7.65. The van der Waals surface area contributed by atoms with Gasteiger partial charge in [-0.25, -0.2) is 9.97 Å². The summed E-state index contributed by atoms with van der Waals surface area (Å²) in [4.78, 5) is 20.3. The number of carbonyl (C=O) groups is 1. The van der Waals surface area contributed by atoms with E-state index >= 15 is 0 Å². The molecule has 1 fully saturated rings. The van der Waals surface area contributed by atoms with Crippen LogP contribution in [0.2, 0.25) is 0 Å². The Balaban J connectivity index is 2.05. The smallest absolute Gasteiger partial charge is 0.229 e. The van der Waals surface area contributed by atoms with E-state index in [2.05, 4.69) is 15.3 Å². The lowest BCUT2D eigenvalue weighted by Gasteiger charge is -2.09. The summed E-state index contributed by atoms with van der Waals surface area (Å²) < 4.78 is 0. The summed E-state index contributed by atoms with van der Waals surface area (Å²) in [6.07, 6.45) is 4.31. The second-order valence-electron chi connectivity index (χ2n) is 4.44. The normalized spacial score (nSPS) is 16.4. The lowest BCUT2D eigenvalue weighted by Crippen LogP contribution is -2.22. The molecule has 1 aromatic rings. The number of rotatable bonds is 2. The number of aryl methyl sites for hydroxylation is 2. The predicted molar refractivity (Wildman–Crippen MR) is 62.1 cm³/mol. The Morgan fingerprint density at radius 3 is 2.38 bits per heavy atom. The van der Waals surface area contributed by atoms with Gasteiger partial charge in [0, 0.05) is 17.3 Å². The van der Waals surface area contributed by atoms with E-state index in [1.54, 1.807) is 0 Å². The number of hydrogen-bond acceptors (Lipinski definition) is 3. The van der Waals surface area contributed by atoms with Crippen molar-refractivity contribution in [2.24, 2.45) is 5.92 Å². The molecule has 1 N–H and O–H groups in total. The first-order valence-electron chi connectivity index (χ1n) is 5.78. The minimum atomic E-state index is 0.0718. The molecule has 1 heterocycles. The van der Waals surface area contributed by atoms with Crippen molar-refractivity contribution in [3.8, 4) is 0 Å². The quantitative estimate of drug-likeness (QED) is 0.829. The van der Waals surface area contributed by atoms with Crippen molar-refractivity contribution in [2.45, 2.75) is 39.5 Å². The van der Waals surface area contributed by atoms with Crippen LogP contribution in [0.1, 0.15) is 37.1 Å². The molecule has 1 amide bonds. The second-order valence-corrected chi connectivity index (χ2v) is 4.44. The van der Waals surface area contributed by atoms with Crippen molar-refractivity contribution in [1.29, 1.82) is 0 Å². The summed E-state index contributed by atoms with van der Waals surface area (Å²) in [7, 11) is 0. The van der Waals surface area contributed by atoms with Crippen LogP contribution in [-0.4, -0.2) is 15.9 Å². The summed E-state index contributed by atoms with van der Waals surface area (Å²) in [5, 5.41) is 2.80. The van der Waals surface area contributed by atoms with Gasteiger partial charge in [-0.05, 0) is 32.8 Å². The monoisotopic (exact) mass is 219 g/mol. The standard InChI is InChI=1S/C12H17N3O/c1-8-7-9(2)14-12(13-8)15-11(16)10-5-3-4-6-10/h7,10H,3-6H2,1-2H3,(H,13,14,15,16). The molecule has 2 rings (SSSR count). The Kier molecular flexibility index (Phi) is 3.17. The number of nitrogens with one attached hydrogen (secondary N) is 1. The van der Waals surface area contributed by atoms with Crippen LogP contribution in [0.25, 0.3) is 0 Å². The van der Waals surface area contributed by atoms with E-state index < -0.39 is 0 Å². The maximum atomic E-state index is 11.8. The highest BCUT2D eigenvalue weighted by Gasteiger charge is 2.23. The van der Waals surface area contributed by atoms with Crippen molar-refractivity contribution >= 4 is 11.9 Å². The van der Waals surface area contributed by atoms with Gasteiger partial charge in [0.1, 0.15) is 0 Å². The topological polar surface area (TPSA) is 54.9 Å². The van der Waals surface area contributed by atoms with Gasteiger partial charge >= 0.3 is 0 Å². The molecule has 1 aliphatic carbocycles. The summed E-state index contributed by atoms with van der Waals surface area (Å²) in [5.41, 5.74) is 1.77. The lowest BCUT2D eigenvalue weighted by atomic mass is 10.1. The zero-order valence-corrected chi connectivity index (χ0v) is 9.79. The molecule has 0 saturated heterocycles. The highest BCUT2D eigenvalue weighted by Crippen LogP contribution is 2.25. The zero-order valence-electron chi connectivity index (χ0n) is 9.79. The van der Waals surface area contributed by atoms with Crippen LogP contribution in [0.5, 0.6) is 0 Å². The van der Waals surface area contributed by atoms with E-state index in [9.17, 15) is 4.79 Å². The SMILES string of the molecule is Cc1cc(C)nc(NC(=O)C2CCCC2)n1. The molecule has 0 aromatic carbocycles. The summed E-state index contributed by atoms with van der Waals surface area (Å²) >= 11 is 0. The second kappa shape index (κ2) is 4.60. The fraction of sp³-hybridized carbons (Fsp3) is 0.583. The van der Waals surface area contributed by atoms with Gasteiger partial charge in [-0.15, -0.1) is 0 Å². The minimum Gasteiger partial charge on any atom is -0.294 e. The number of aromatic nitrogens is 2. The molecule has 4 heteroatoms. The van der Waals surface area contributed by atoms with Gasteiger partial charge in [0.15, 0.2) is 0 Å². The van der Waals surface area contributed by atoms with Gasteiger partial charge in [0.2, 0.25) is 11.9 Å². The Morgan fingerprint density at radius 2 is 1.81 bits per heavy atom. The number of nitrogens with zero attached hydrogens (tertiary/aromatic N) is 2. The average Bonchev–Trinajstić information content (AvgIpc) is 2.68. The van der Waals surface area contributed by atoms with Crippen molar-refractivity contribution in [1.82, 2.24) is 9.97 Å². The average molecular weight is 219 g/mol. The number of carbonyl (C=O) groups excluding carboxylic acids is 1. The third kappa shape index (κ3) is 2.56. The van der Waals surface area contributed by atoms with Gasteiger partial charge in [-0.1, -0.05) is 12.8 Å². The van der Waals surface area contributed by atoms with Crippen molar-refractivity contribution < 1.29 is 4.79 Å². The molecule has 1 saturated carbocycles. The fourth-order valence-electron chi connectivity index (χ4n) is 2.18. The Bertz CT molecular complexity index is 377. The van der Waals surface area contributed by atoms with Gasteiger partial charge in [0.05, 0.1) is 0 Å². The van der Waals surface area contributed by atoms with Crippen molar-refractivity contribution in [3.05, 3.63) is 17.5 Å². The molecule has 16 heavy (non-hydrogen) atoms. The van der Waals surface area contributed by atoms with E-state index in [-0.39, 0.29) is 11.8 Å². The molecule has 0 aliphatic heterocycles. The summed E-state index contributed by atoms with van der Waals surface area (Å²) in [6, 6.07) is 1.89. The van der Waals surface area contributed by atoms with E-state index in [4.69, 9.17) is 0 Å². The summed E-state index contributed by atoms with van der Waals surface area (Å²) in [5.74, 6) is 0.668. The molecular formula is C12H17N3O. The maximum absolute atomic E-state index is 11.8. The fourth-order valence-corrected chi connectivity index (χ4v) is 2.18. The largest absolute Gasteiger partial charge is 0.294 e.